The third-order valence-electron chi connectivity index (χ3n) is 5.76. The highest BCUT2D eigenvalue weighted by Gasteiger charge is 2.31. The molecule has 0 aliphatic carbocycles. The number of carbonyl (C=O) groups is 1. The van der Waals surface area contributed by atoms with Gasteiger partial charge < -0.3 is 9.80 Å². The highest BCUT2D eigenvalue weighted by molar-refractivity contribution is 7.89. The minimum atomic E-state index is -3.78. The van der Waals surface area contributed by atoms with Crippen LogP contribution in [0.4, 0.5) is 5.69 Å². The molecule has 8 heteroatoms. The number of piperazine rings is 1. The van der Waals surface area contributed by atoms with E-state index < -0.39 is 10.0 Å². The Labute approximate surface area is 188 Å². The third kappa shape index (κ3) is 4.31. The van der Waals surface area contributed by atoms with E-state index in [4.69, 9.17) is 0 Å². The number of hydrogen-bond acceptors (Lipinski definition) is 5. The smallest absolute Gasteiger partial charge is 0.244 e. The van der Waals surface area contributed by atoms with Gasteiger partial charge in [-0.1, -0.05) is 42.5 Å². The van der Waals surface area contributed by atoms with Crippen LogP contribution in [0.2, 0.25) is 0 Å². The van der Waals surface area contributed by atoms with E-state index in [9.17, 15) is 18.5 Å². The first-order chi connectivity index (χ1) is 15.4. The van der Waals surface area contributed by atoms with Gasteiger partial charge in [-0.05, 0) is 35.0 Å². The van der Waals surface area contributed by atoms with Gasteiger partial charge in [0.05, 0.1) is 17.0 Å². The molecule has 4 rings (SSSR count). The minimum absolute atomic E-state index is 0.0123. The number of sulfonamides is 1. The summed E-state index contributed by atoms with van der Waals surface area (Å²) in [6, 6.07) is 22.3. The van der Waals surface area contributed by atoms with E-state index in [1.54, 1.807) is 17.0 Å². The van der Waals surface area contributed by atoms with Crippen LogP contribution in [0.15, 0.2) is 71.6 Å². The van der Waals surface area contributed by atoms with E-state index in [2.05, 4.69) is 6.07 Å². The van der Waals surface area contributed by atoms with E-state index in [-0.39, 0.29) is 36.0 Å². The van der Waals surface area contributed by atoms with Crippen LogP contribution in [0.25, 0.3) is 10.8 Å². The summed E-state index contributed by atoms with van der Waals surface area (Å²) in [7, 11) is -1.90. The SMILES string of the molecule is CN(CC(=O)N1CCN(S(=O)(=O)c2ccccc2C#N)CC1)c1ccc2ccccc2c1. The Hall–Kier alpha value is -3.41. The van der Waals surface area contributed by atoms with E-state index in [0.29, 0.717) is 13.1 Å². The second kappa shape index (κ2) is 8.99. The van der Waals surface area contributed by atoms with Gasteiger partial charge in [0.1, 0.15) is 6.07 Å². The molecule has 1 amide bonds. The Morgan fingerprint density at radius 1 is 0.969 bits per heavy atom. The second-order valence-electron chi connectivity index (χ2n) is 7.78. The molecule has 0 saturated carbocycles. The molecule has 3 aromatic carbocycles. The van der Waals surface area contributed by atoms with Crippen LogP contribution in [0.5, 0.6) is 0 Å². The largest absolute Gasteiger partial charge is 0.365 e. The van der Waals surface area contributed by atoms with Crippen molar-refractivity contribution < 1.29 is 13.2 Å². The van der Waals surface area contributed by atoms with Gasteiger partial charge in [-0.3, -0.25) is 4.79 Å². The molecule has 32 heavy (non-hydrogen) atoms. The molecule has 164 valence electrons. The quantitative estimate of drug-likeness (QED) is 0.599. The summed E-state index contributed by atoms with van der Waals surface area (Å²) in [5, 5.41) is 11.5. The van der Waals surface area contributed by atoms with Crippen LogP contribution in [-0.4, -0.2) is 63.3 Å². The molecule has 0 N–H and O–H groups in total. The Morgan fingerprint density at radius 3 is 2.34 bits per heavy atom. The first-order valence-electron chi connectivity index (χ1n) is 10.4. The van der Waals surface area contributed by atoms with Crippen molar-refractivity contribution in [2.45, 2.75) is 4.90 Å². The van der Waals surface area contributed by atoms with Crippen molar-refractivity contribution in [2.24, 2.45) is 0 Å². The van der Waals surface area contributed by atoms with Crippen molar-refractivity contribution >= 4 is 32.4 Å². The third-order valence-corrected chi connectivity index (χ3v) is 7.72. The van der Waals surface area contributed by atoms with Crippen molar-refractivity contribution in [2.75, 3.05) is 44.7 Å². The monoisotopic (exact) mass is 448 g/mol. The Bertz CT molecular complexity index is 1290. The molecule has 1 heterocycles. The Balaban J connectivity index is 1.39. The number of benzene rings is 3. The van der Waals surface area contributed by atoms with Gasteiger partial charge in [0.2, 0.25) is 15.9 Å². The summed E-state index contributed by atoms with van der Waals surface area (Å²) in [6.07, 6.45) is 0. The van der Waals surface area contributed by atoms with Crippen molar-refractivity contribution in [1.29, 1.82) is 5.26 Å². The molecular weight excluding hydrogens is 424 g/mol. The van der Waals surface area contributed by atoms with Crippen molar-refractivity contribution in [1.82, 2.24) is 9.21 Å². The fourth-order valence-corrected chi connectivity index (χ4v) is 5.47. The van der Waals surface area contributed by atoms with Gasteiger partial charge in [-0.2, -0.15) is 9.57 Å². The van der Waals surface area contributed by atoms with Crippen LogP contribution in [0, 0.1) is 11.3 Å². The second-order valence-corrected chi connectivity index (χ2v) is 9.69. The average molecular weight is 449 g/mol. The number of nitrogens with zero attached hydrogens (tertiary/aromatic N) is 4. The maximum atomic E-state index is 13.0. The molecule has 3 aromatic rings. The molecule has 1 saturated heterocycles. The van der Waals surface area contributed by atoms with Crippen LogP contribution < -0.4 is 4.90 Å². The van der Waals surface area contributed by atoms with Crippen LogP contribution in [0.3, 0.4) is 0 Å². The first kappa shape index (κ1) is 21.8. The lowest BCUT2D eigenvalue weighted by atomic mass is 10.1. The van der Waals surface area contributed by atoms with Gasteiger partial charge in [-0.15, -0.1) is 0 Å². The molecule has 0 atom stereocenters. The van der Waals surface area contributed by atoms with Crippen molar-refractivity contribution in [3.05, 3.63) is 72.3 Å². The number of nitriles is 1. The first-order valence-corrected chi connectivity index (χ1v) is 11.8. The molecule has 1 aliphatic rings. The fourth-order valence-electron chi connectivity index (χ4n) is 3.91. The molecule has 1 fully saturated rings. The predicted molar refractivity (Wildman–Crippen MR) is 124 cm³/mol. The number of fused-ring (bicyclic) bond motifs is 1. The summed E-state index contributed by atoms with van der Waals surface area (Å²) < 4.78 is 27.3. The number of anilines is 1. The summed E-state index contributed by atoms with van der Waals surface area (Å²) in [5.74, 6) is -0.0462. The van der Waals surface area contributed by atoms with Gasteiger partial charge in [0, 0.05) is 38.9 Å². The van der Waals surface area contributed by atoms with E-state index in [1.165, 1.54) is 16.4 Å². The van der Waals surface area contributed by atoms with Gasteiger partial charge in [0.25, 0.3) is 0 Å². The lowest BCUT2D eigenvalue weighted by Crippen LogP contribution is -2.52. The van der Waals surface area contributed by atoms with E-state index in [0.717, 1.165) is 16.5 Å². The minimum Gasteiger partial charge on any atom is -0.365 e. The fraction of sp³-hybridized carbons (Fsp3) is 0.250. The molecule has 0 radical (unpaired) electrons. The Morgan fingerprint density at radius 2 is 1.62 bits per heavy atom. The zero-order valence-corrected chi connectivity index (χ0v) is 18.6. The highest BCUT2D eigenvalue weighted by atomic mass is 32.2. The number of hydrogen-bond donors (Lipinski definition) is 0. The van der Waals surface area contributed by atoms with Crippen LogP contribution in [-0.2, 0) is 14.8 Å². The Kier molecular flexibility index (Phi) is 6.12. The lowest BCUT2D eigenvalue weighted by molar-refractivity contribution is -0.130. The zero-order chi connectivity index (χ0) is 22.7. The normalized spacial score (nSPS) is 14.8. The van der Waals surface area contributed by atoms with Gasteiger partial charge in [0.15, 0.2) is 0 Å². The molecule has 0 aromatic heterocycles. The number of likely N-dealkylation sites (N-methyl/N-ethyl adjacent to an activating group) is 1. The van der Waals surface area contributed by atoms with Crippen molar-refractivity contribution in [3.8, 4) is 6.07 Å². The van der Waals surface area contributed by atoms with Crippen LogP contribution in [0.1, 0.15) is 5.56 Å². The summed E-state index contributed by atoms with van der Waals surface area (Å²) in [4.78, 5) is 16.5. The summed E-state index contributed by atoms with van der Waals surface area (Å²) in [6.45, 7) is 1.25. The van der Waals surface area contributed by atoms with Crippen molar-refractivity contribution in [3.63, 3.8) is 0 Å². The molecule has 0 unspecified atom stereocenters. The van der Waals surface area contributed by atoms with Gasteiger partial charge >= 0.3 is 0 Å². The van der Waals surface area contributed by atoms with E-state index in [1.807, 2.05) is 54.4 Å². The number of carbonyl (C=O) groups excluding carboxylic acids is 1. The molecule has 7 nitrogen and oxygen atoms in total. The number of rotatable bonds is 5. The highest BCUT2D eigenvalue weighted by Crippen LogP contribution is 2.23. The maximum absolute atomic E-state index is 13.0. The van der Waals surface area contributed by atoms with Gasteiger partial charge in [-0.25, -0.2) is 8.42 Å². The molecular formula is C24H24N4O3S. The topological polar surface area (TPSA) is 84.7 Å². The standard InChI is InChI=1S/C24H24N4O3S/c1-26(22-11-10-19-6-2-3-7-20(19)16-22)18-24(29)27-12-14-28(15-13-27)32(30,31)23-9-5-4-8-21(23)17-25/h2-11,16H,12-15,18H2,1H3. The summed E-state index contributed by atoms with van der Waals surface area (Å²) in [5.41, 5.74) is 1.08. The lowest BCUT2D eigenvalue weighted by Gasteiger charge is -2.35. The zero-order valence-electron chi connectivity index (χ0n) is 17.8. The number of amides is 1. The van der Waals surface area contributed by atoms with Crippen LogP contribution >= 0.6 is 0 Å². The molecule has 0 bridgehead atoms. The van der Waals surface area contributed by atoms with E-state index >= 15 is 0 Å². The molecule has 0 spiro atoms. The predicted octanol–water partition coefficient (Wildman–Crippen LogP) is 2.68. The average Bonchev–Trinajstić information content (AvgIpc) is 2.83. The molecule has 1 aliphatic heterocycles. The summed E-state index contributed by atoms with van der Waals surface area (Å²) >= 11 is 0. The maximum Gasteiger partial charge on any atom is 0.244 e.